The van der Waals surface area contributed by atoms with Crippen molar-refractivity contribution in [1.82, 2.24) is 0 Å². The highest BCUT2D eigenvalue weighted by Crippen LogP contribution is 2.26. The molecule has 90 valence electrons. The van der Waals surface area contributed by atoms with E-state index in [4.69, 9.17) is 9.16 Å². The van der Waals surface area contributed by atoms with Crippen molar-refractivity contribution in [2.45, 2.75) is 38.9 Å². The van der Waals surface area contributed by atoms with Crippen molar-refractivity contribution < 1.29 is 9.16 Å². The summed E-state index contributed by atoms with van der Waals surface area (Å²) in [7, 11) is 0.153. The Morgan fingerprint density at radius 2 is 1.31 bits per heavy atom. The molecule has 0 spiro atoms. The maximum absolute atomic E-state index is 6.23. The first-order chi connectivity index (χ1) is 7.69. The van der Waals surface area contributed by atoms with E-state index in [1.165, 1.54) is 18.1 Å². The molecule has 0 unspecified atom stereocenters. The molecule has 0 aliphatic heterocycles. The van der Waals surface area contributed by atoms with E-state index in [2.05, 4.69) is 20.8 Å². The van der Waals surface area contributed by atoms with E-state index in [1.54, 1.807) is 7.11 Å². The molecule has 2 nitrogen and oxygen atoms in total. The highest BCUT2D eigenvalue weighted by atomic mass is 28.4. The van der Waals surface area contributed by atoms with Crippen LogP contribution < -0.4 is 9.16 Å². The van der Waals surface area contributed by atoms with Crippen molar-refractivity contribution in [3.8, 4) is 11.5 Å². The second kappa shape index (κ2) is 5.94. The van der Waals surface area contributed by atoms with Gasteiger partial charge in [-0.05, 0) is 42.4 Å². The fraction of sp³-hybridized carbons (Fsp3) is 0.538. The van der Waals surface area contributed by atoms with Gasteiger partial charge in [0.05, 0.1) is 7.11 Å². The van der Waals surface area contributed by atoms with E-state index in [1.807, 2.05) is 24.3 Å². The topological polar surface area (TPSA) is 18.5 Å². The Morgan fingerprint density at radius 1 is 0.875 bits per heavy atom. The third-order valence-electron chi connectivity index (χ3n) is 3.33. The van der Waals surface area contributed by atoms with Crippen LogP contribution in [0.2, 0.25) is 18.1 Å². The molecule has 0 heterocycles. The lowest BCUT2D eigenvalue weighted by Crippen LogP contribution is -2.39. The van der Waals surface area contributed by atoms with Crippen molar-refractivity contribution in [1.29, 1.82) is 0 Å². The van der Waals surface area contributed by atoms with E-state index >= 15 is 0 Å². The molecule has 0 N–H and O–H groups in total. The lowest BCUT2D eigenvalue weighted by molar-refractivity contribution is 0.413. The maximum Gasteiger partial charge on any atom is 0.250 e. The zero-order chi connectivity index (χ0) is 12.0. The van der Waals surface area contributed by atoms with Crippen LogP contribution in [-0.4, -0.2) is 15.4 Å². The molecule has 3 heteroatoms. The molecule has 0 radical (unpaired) electrons. The SMILES string of the molecule is CC[Si](CC)(CC)Oc1ccc(OC)cc1. The van der Waals surface area contributed by atoms with E-state index in [9.17, 15) is 0 Å². The van der Waals surface area contributed by atoms with Gasteiger partial charge in [-0.25, -0.2) is 0 Å². The summed E-state index contributed by atoms with van der Waals surface area (Å²) in [4.78, 5) is 0. The van der Waals surface area contributed by atoms with Crippen LogP contribution in [-0.2, 0) is 0 Å². The summed E-state index contributed by atoms with van der Waals surface area (Å²) in [6.45, 7) is 6.72. The largest absolute Gasteiger partial charge is 0.544 e. The maximum atomic E-state index is 6.23. The third-order valence-corrected chi connectivity index (χ3v) is 7.86. The first-order valence-corrected chi connectivity index (χ1v) is 8.55. The summed E-state index contributed by atoms with van der Waals surface area (Å²) in [5, 5.41) is 0. The molecule has 0 bridgehead atoms. The molecule has 0 atom stereocenters. The summed E-state index contributed by atoms with van der Waals surface area (Å²) >= 11 is 0. The van der Waals surface area contributed by atoms with Crippen LogP contribution in [0.5, 0.6) is 11.5 Å². The van der Waals surface area contributed by atoms with Crippen LogP contribution in [0.4, 0.5) is 0 Å². The minimum Gasteiger partial charge on any atom is -0.544 e. The van der Waals surface area contributed by atoms with Gasteiger partial charge in [0.25, 0.3) is 0 Å². The monoisotopic (exact) mass is 238 g/mol. The zero-order valence-corrected chi connectivity index (χ0v) is 11.7. The molecule has 0 aliphatic carbocycles. The quantitative estimate of drug-likeness (QED) is 0.695. The molecule has 1 rings (SSSR count). The summed E-state index contributed by atoms with van der Waals surface area (Å²) in [5.41, 5.74) is 0. The molecule has 0 aromatic heterocycles. The van der Waals surface area contributed by atoms with Gasteiger partial charge in [-0.1, -0.05) is 20.8 Å². The summed E-state index contributed by atoms with van der Waals surface area (Å²) < 4.78 is 11.4. The number of hydrogen-bond acceptors (Lipinski definition) is 2. The first-order valence-electron chi connectivity index (χ1n) is 6.02. The molecule has 16 heavy (non-hydrogen) atoms. The summed E-state index contributed by atoms with van der Waals surface area (Å²) in [6.07, 6.45) is 0. The van der Waals surface area contributed by atoms with Gasteiger partial charge >= 0.3 is 0 Å². The van der Waals surface area contributed by atoms with Crippen molar-refractivity contribution >= 4 is 8.32 Å². The van der Waals surface area contributed by atoms with Gasteiger partial charge in [0, 0.05) is 0 Å². The molecule has 1 aromatic rings. The fourth-order valence-corrected chi connectivity index (χ4v) is 4.43. The number of ether oxygens (including phenoxy) is 1. The minimum atomic E-state index is -1.53. The Hall–Kier alpha value is -0.963. The highest BCUT2D eigenvalue weighted by molar-refractivity contribution is 6.74. The van der Waals surface area contributed by atoms with Gasteiger partial charge < -0.3 is 9.16 Å². The van der Waals surface area contributed by atoms with Gasteiger partial charge in [-0.3, -0.25) is 0 Å². The Balaban J connectivity index is 2.77. The standard InChI is InChI=1S/C13H22O2Si/c1-5-16(6-2,7-3)15-13-10-8-12(14-4)9-11-13/h8-11H,5-7H2,1-4H3. The molecular weight excluding hydrogens is 216 g/mol. The Bertz CT molecular complexity index is 296. The molecule has 1 aromatic carbocycles. The van der Waals surface area contributed by atoms with Crippen molar-refractivity contribution in [3.05, 3.63) is 24.3 Å². The second-order valence-corrected chi connectivity index (χ2v) is 8.71. The van der Waals surface area contributed by atoms with Gasteiger partial charge in [0.1, 0.15) is 11.5 Å². The number of methoxy groups -OCH3 is 1. The second-order valence-electron chi connectivity index (χ2n) is 4.02. The predicted molar refractivity (Wildman–Crippen MR) is 70.8 cm³/mol. The number of hydrogen-bond donors (Lipinski definition) is 0. The van der Waals surface area contributed by atoms with Crippen LogP contribution in [0, 0.1) is 0 Å². The van der Waals surface area contributed by atoms with Gasteiger partial charge in [-0.2, -0.15) is 0 Å². The third kappa shape index (κ3) is 3.01. The minimum absolute atomic E-state index is 0.879. The molecule has 0 saturated heterocycles. The Labute approximate surface area is 99.7 Å². The lowest BCUT2D eigenvalue weighted by atomic mass is 10.3. The highest BCUT2D eigenvalue weighted by Gasteiger charge is 2.30. The zero-order valence-electron chi connectivity index (χ0n) is 10.7. The van der Waals surface area contributed by atoms with Crippen LogP contribution in [0.1, 0.15) is 20.8 Å². The number of rotatable bonds is 6. The first kappa shape index (κ1) is 13.1. The molecule has 0 saturated carbocycles. The predicted octanol–water partition coefficient (Wildman–Crippen LogP) is 4.08. The number of benzene rings is 1. The average molecular weight is 238 g/mol. The summed E-state index contributed by atoms with van der Waals surface area (Å²) in [5.74, 6) is 1.86. The van der Waals surface area contributed by atoms with Gasteiger partial charge in [0.2, 0.25) is 8.32 Å². The van der Waals surface area contributed by atoms with Crippen molar-refractivity contribution in [3.63, 3.8) is 0 Å². The average Bonchev–Trinajstić information content (AvgIpc) is 2.37. The van der Waals surface area contributed by atoms with Crippen LogP contribution in [0.3, 0.4) is 0 Å². The fourth-order valence-electron chi connectivity index (χ4n) is 1.86. The smallest absolute Gasteiger partial charge is 0.250 e. The van der Waals surface area contributed by atoms with Gasteiger partial charge in [0.15, 0.2) is 0 Å². The summed E-state index contributed by atoms with van der Waals surface area (Å²) in [6, 6.07) is 11.4. The lowest BCUT2D eigenvalue weighted by Gasteiger charge is -2.28. The van der Waals surface area contributed by atoms with Crippen LogP contribution >= 0.6 is 0 Å². The molecular formula is C13H22O2Si. The van der Waals surface area contributed by atoms with Crippen LogP contribution in [0.25, 0.3) is 0 Å². The van der Waals surface area contributed by atoms with Gasteiger partial charge in [-0.15, -0.1) is 0 Å². The molecule has 0 aliphatic rings. The van der Waals surface area contributed by atoms with Crippen molar-refractivity contribution in [2.75, 3.05) is 7.11 Å². The Morgan fingerprint density at radius 3 is 1.69 bits per heavy atom. The van der Waals surface area contributed by atoms with E-state index in [0.717, 1.165) is 11.5 Å². The van der Waals surface area contributed by atoms with E-state index in [0.29, 0.717) is 0 Å². The Kier molecular flexibility index (Phi) is 4.87. The molecule has 0 amide bonds. The van der Waals surface area contributed by atoms with E-state index < -0.39 is 8.32 Å². The van der Waals surface area contributed by atoms with Crippen molar-refractivity contribution in [2.24, 2.45) is 0 Å². The van der Waals surface area contributed by atoms with E-state index in [-0.39, 0.29) is 0 Å². The normalized spacial score (nSPS) is 11.2. The van der Waals surface area contributed by atoms with Crippen LogP contribution in [0.15, 0.2) is 24.3 Å². The molecule has 0 fully saturated rings.